The van der Waals surface area contributed by atoms with Crippen LogP contribution in [0.25, 0.3) is 10.1 Å². The molecule has 0 unspecified atom stereocenters. The lowest BCUT2D eigenvalue weighted by atomic mass is 10.1. The van der Waals surface area contributed by atoms with Gasteiger partial charge in [0, 0.05) is 9.72 Å². The Morgan fingerprint density at radius 1 is 1.18 bits per heavy atom. The van der Waals surface area contributed by atoms with Crippen LogP contribution in [0.5, 0.6) is 0 Å². The summed E-state index contributed by atoms with van der Waals surface area (Å²) in [7, 11) is 0. The number of hydrogen-bond donors (Lipinski definition) is 1. The number of anilines is 1. The molecule has 0 aliphatic heterocycles. The molecule has 1 aromatic heterocycles. The molecular formula is C17H14ClFN2S. The van der Waals surface area contributed by atoms with Crippen molar-refractivity contribution in [3.05, 3.63) is 63.7 Å². The predicted molar refractivity (Wildman–Crippen MR) is 93.8 cm³/mol. The molecule has 0 atom stereocenters. The summed E-state index contributed by atoms with van der Waals surface area (Å²) in [5, 5.41) is 6.29. The summed E-state index contributed by atoms with van der Waals surface area (Å²) in [6.45, 7) is 4.03. The molecule has 0 fully saturated rings. The molecule has 0 saturated heterocycles. The summed E-state index contributed by atoms with van der Waals surface area (Å²) < 4.78 is 14.1. The van der Waals surface area contributed by atoms with Gasteiger partial charge in [-0.1, -0.05) is 11.6 Å². The Labute approximate surface area is 137 Å². The fraction of sp³-hybridized carbons (Fsp3) is 0.118. The second kappa shape index (κ2) is 6.07. The van der Waals surface area contributed by atoms with Crippen LogP contribution in [0.2, 0.25) is 5.02 Å². The van der Waals surface area contributed by atoms with Crippen LogP contribution in [-0.4, -0.2) is 5.71 Å². The van der Waals surface area contributed by atoms with E-state index in [1.165, 1.54) is 22.4 Å². The lowest BCUT2D eigenvalue weighted by molar-refractivity contribution is 0.628. The van der Waals surface area contributed by atoms with E-state index in [9.17, 15) is 4.39 Å². The SMILES string of the molecule is C/C(=N\Nc1ccc(F)cc1)c1sc2ccc(Cl)cc2c1C. The van der Waals surface area contributed by atoms with Crippen LogP contribution in [0.3, 0.4) is 0 Å². The zero-order valence-corrected chi connectivity index (χ0v) is 13.7. The van der Waals surface area contributed by atoms with Gasteiger partial charge in [0.1, 0.15) is 5.82 Å². The summed E-state index contributed by atoms with van der Waals surface area (Å²) in [5.41, 5.74) is 5.77. The lowest BCUT2D eigenvalue weighted by Gasteiger charge is -2.03. The van der Waals surface area contributed by atoms with Crippen LogP contribution in [-0.2, 0) is 0 Å². The van der Waals surface area contributed by atoms with Crippen molar-refractivity contribution in [3.63, 3.8) is 0 Å². The van der Waals surface area contributed by atoms with Crippen molar-refractivity contribution in [1.29, 1.82) is 0 Å². The van der Waals surface area contributed by atoms with E-state index in [1.807, 2.05) is 25.1 Å². The van der Waals surface area contributed by atoms with Gasteiger partial charge in [-0.15, -0.1) is 11.3 Å². The van der Waals surface area contributed by atoms with E-state index < -0.39 is 0 Å². The molecule has 2 nitrogen and oxygen atoms in total. The first-order valence-corrected chi connectivity index (χ1v) is 7.99. The van der Waals surface area contributed by atoms with Gasteiger partial charge >= 0.3 is 0 Å². The van der Waals surface area contributed by atoms with E-state index in [2.05, 4.69) is 17.5 Å². The Bertz CT molecular complexity index is 853. The minimum absolute atomic E-state index is 0.261. The minimum atomic E-state index is -0.261. The molecule has 1 heterocycles. The van der Waals surface area contributed by atoms with Gasteiger partial charge in [-0.05, 0) is 67.3 Å². The Hall–Kier alpha value is -1.91. The molecule has 2 aromatic carbocycles. The first-order valence-electron chi connectivity index (χ1n) is 6.79. The first-order chi connectivity index (χ1) is 10.5. The van der Waals surface area contributed by atoms with Gasteiger partial charge in [0.15, 0.2) is 0 Å². The molecule has 0 aliphatic rings. The van der Waals surface area contributed by atoms with Gasteiger partial charge in [-0.25, -0.2) is 4.39 Å². The number of nitrogens with one attached hydrogen (secondary N) is 1. The number of thiophene rings is 1. The first kappa shape index (κ1) is 15.0. The van der Waals surface area contributed by atoms with Crippen molar-refractivity contribution in [2.75, 3.05) is 5.43 Å². The molecule has 0 saturated carbocycles. The number of halogens is 2. The third kappa shape index (κ3) is 2.98. The van der Waals surface area contributed by atoms with Crippen molar-refractivity contribution < 1.29 is 4.39 Å². The summed E-state index contributed by atoms with van der Waals surface area (Å²) in [5.74, 6) is -0.261. The lowest BCUT2D eigenvalue weighted by Crippen LogP contribution is -1.99. The Kier molecular flexibility index (Phi) is 4.14. The summed E-state index contributed by atoms with van der Waals surface area (Å²) in [4.78, 5) is 1.12. The zero-order valence-electron chi connectivity index (χ0n) is 12.2. The van der Waals surface area contributed by atoms with Crippen molar-refractivity contribution in [3.8, 4) is 0 Å². The van der Waals surface area contributed by atoms with Crippen LogP contribution < -0.4 is 5.43 Å². The van der Waals surface area contributed by atoms with E-state index in [0.29, 0.717) is 0 Å². The molecular weight excluding hydrogens is 319 g/mol. The molecule has 0 amide bonds. The Morgan fingerprint density at radius 2 is 1.91 bits per heavy atom. The molecule has 0 radical (unpaired) electrons. The highest BCUT2D eigenvalue weighted by atomic mass is 35.5. The quantitative estimate of drug-likeness (QED) is 0.473. The fourth-order valence-corrected chi connectivity index (χ4v) is 3.57. The smallest absolute Gasteiger partial charge is 0.123 e. The Balaban J connectivity index is 1.91. The third-order valence-corrected chi connectivity index (χ3v) is 5.04. The molecule has 3 rings (SSSR count). The van der Waals surface area contributed by atoms with Gasteiger partial charge in [-0.2, -0.15) is 5.10 Å². The maximum atomic E-state index is 12.9. The van der Waals surface area contributed by atoms with Crippen molar-refractivity contribution >= 4 is 44.4 Å². The average Bonchev–Trinajstić information content (AvgIpc) is 2.83. The van der Waals surface area contributed by atoms with Gasteiger partial charge < -0.3 is 0 Å². The zero-order chi connectivity index (χ0) is 15.7. The monoisotopic (exact) mass is 332 g/mol. The molecule has 0 spiro atoms. The number of hydrazone groups is 1. The highest BCUT2D eigenvalue weighted by Gasteiger charge is 2.11. The van der Waals surface area contributed by atoms with E-state index in [1.54, 1.807) is 23.5 Å². The van der Waals surface area contributed by atoms with E-state index in [-0.39, 0.29) is 5.82 Å². The normalized spacial score (nSPS) is 11.9. The third-order valence-electron chi connectivity index (χ3n) is 3.42. The Morgan fingerprint density at radius 3 is 2.64 bits per heavy atom. The number of nitrogens with zero attached hydrogens (tertiary/aromatic N) is 1. The number of fused-ring (bicyclic) bond motifs is 1. The van der Waals surface area contributed by atoms with Gasteiger partial charge in [0.05, 0.1) is 16.3 Å². The van der Waals surface area contributed by atoms with Crippen molar-refractivity contribution in [2.45, 2.75) is 13.8 Å². The number of benzene rings is 2. The van der Waals surface area contributed by atoms with Gasteiger partial charge in [-0.3, -0.25) is 5.43 Å². The molecule has 0 bridgehead atoms. The highest BCUT2D eigenvalue weighted by Crippen LogP contribution is 2.33. The molecule has 3 aromatic rings. The van der Waals surface area contributed by atoms with E-state index in [0.717, 1.165) is 26.7 Å². The molecule has 0 aliphatic carbocycles. The molecule has 22 heavy (non-hydrogen) atoms. The van der Waals surface area contributed by atoms with E-state index >= 15 is 0 Å². The maximum absolute atomic E-state index is 12.9. The summed E-state index contributed by atoms with van der Waals surface area (Å²) in [6, 6.07) is 12.0. The second-order valence-corrected chi connectivity index (χ2v) is 6.50. The predicted octanol–water partition coefficient (Wildman–Crippen LogP) is 5.84. The largest absolute Gasteiger partial charge is 0.278 e. The maximum Gasteiger partial charge on any atom is 0.123 e. The van der Waals surface area contributed by atoms with Gasteiger partial charge in [0.2, 0.25) is 0 Å². The van der Waals surface area contributed by atoms with Crippen LogP contribution in [0.1, 0.15) is 17.4 Å². The topological polar surface area (TPSA) is 24.4 Å². The average molecular weight is 333 g/mol. The molecule has 112 valence electrons. The summed E-state index contributed by atoms with van der Waals surface area (Å²) in [6.07, 6.45) is 0. The van der Waals surface area contributed by atoms with E-state index in [4.69, 9.17) is 11.6 Å². The van der Waals surface area contributed by atoms with Crippen LogP contribution >= 0.6 is 22.9 Å². The van der Waals surface area contributed by atoms with Crippen LogP contribution in [0, 0.1) is 12.7 Å². The fourth-order valence-electron chi connectivity index (χ4n) is 2.26. The highest BCUT2D eigenvalue weighted by molar-refractivity contribution is 7.21. The molecule has 5 heteroatoms. The van der Waals surface area contributed by atoms with Crippen LogP contribution in [0.4, 0.5) is 10.1 Å². The molecule has 1 N–H and O–H groups in total. The second-order valence-electron chi connectivity index (χ2n) is 5.01. The standard InChI is InChI=1S/C17H14ClFN2S/c1-10-15-9-12(18)3-8-16(15)22-17(10)11(2)20-21-14-6-4-13(19)5-7-14/h3-9,21H,1-2H3/b20-11+. The van der Waals surface area contributed by atoms with Crippen LogP contribution in [0.15, 0.2) is 47.6 Å². The van der Waals surface area contributed by atoms with Crippen molar-refractivity contribution in [2.24, 2.45) is 5.10 Å². The van der Waals surface area contributed by atoms with Gasteiger partial charge in [0.25, 0.3) is 0 Å². The summed E-state index contributed by atoms with van der Waals surface area (Å²) >= 11 is 7.75. The number of rotatable bonds is 3. The van der Waals surface area contributed by atoms with Crippen molar-refractivity contribution in [1.82, 2.24) is 0 Å². The number of hydrogen-bond acceptors (Lipinski definition) is 3. The minimum Gasteiger partial charge on any atom is -0.278 e. The number of aryl methyl sites for hydroxylation is 1.